The number of hydrogen-bond donors (Lipinski definition) is 2. The van der Waals surface area contributed by atoms with Gasteiger partial charge in [-0.25, -0.2) is 4.98 Å². The Morgan fingerprint density at radius 3 is 2.41 bits per heavy atom. The molecule has 2 fully saturated rings. The zero-order valence-corrected chi connectivity index (χ0v) is 20.3. The van der Waals surface area contributed by atoms with E-state index in [0.717, 1.165) is 36.4 Å². The molecule has 0 saturated carbocycles. The van der Waals surface area contributed by atoms with E-state index in [1.807, 2.05) is 26.0 Å². The maximum atomic E-state index is 13.1. The summed E-state index contributed by atoms with van der Waals surface area (Å²) >= 11 is 13.7. The number of nitrogens with one attached hydrogen (secondary N) is 1. The Hall–Kier alpha value is -1.96. The van der Waals surface area contributed by atoms with E-state index in [1.54, 1.807) is 18.2 Å². The molecule has 32 heavy (non-hydrogen) atoms. The molecule has 2 aliphatic heterocycles. The summed E-state index contributed by atoms with van der Waals surface area (Å²) in [5.41, 5.74) is 5.73. The fourth-order valence-corrected chi connectivity index (χ4v) is 6.11. The van der Waals surface area contributed by atoms with Gasteiger partial charge in [0.15, 0.2) is 0 Å². The molecule has 4 rings (SSSR count). The molecule has 2 amide bonds. The minimum Gasteiger partial charge on any atom is -0.366 e. The van der Waals surface area contributed by atoms with Gasteiger partial charge in [-0.15, -0.1) is 11.8 Å². The van der Waals surface area contributed by atoms with Crippen LogP contribution in [0.1, 0.15) is 49.9 Å². The molecule has 3 N–H and O–H groups in total. The standard InChI is InChI=1S/C23H26Cl2N4O2S/c1-23(2,32-19-7-4-14(24)9-18(19)25)22(31)28-15-10-16-5-6-17(11-15)29(16)20-8-3-13(12-27-20)21(26)30/h3-4,7-9,12,15-17H,5-6,10-11H2,1-2H3,(H2,26,30)(H,28,31)/t15-,16+,17-. The van der Waals surface area contributed by atoms with E-state index in [0.29, 0.717) is 27.7 Å². The highest BCUT2D eigenvalue weighted by Crippen LogP contribution is 2.40. The van der Waals surface area contributed by atoms with Gasteiger partial charge in [-0.2, -0.15) is 0 Å². The fraction of sp³-hybridized carbons (Fsp3) is 0.435. The van der Waals surface area contributed by atoms with Gasteiger partial charge in [-0.1, -0.05) is 23.2 Å². The zero-order chi connectivity index (χ0) is 23.0. The van der Waals surface area contributed by atoms with E-state index < -0.39 is 10.7 Å². The van der Waals surface area contributed by atoms with Crippen LogP contribution < -0.4 is 16.0 Å². The number of benzene rings is 1. The van der Waals surface area contributed by atoms with Crippen molar-refractivity contribution in [1.82, 2.24) is 10.3 Å². The van der Waals surface area contributed by atoms with Crippen LogP contribution in [0.3, 0.4) is 0 Å². The summed E-state index contributed by atoms with van der Waals surface area (Å²) in [6.07, 6.45) is 5.39. The number of primary amides is 1. The molecule has 3 heterocycles. The SMILES string of the molecule is CC(C)(Sc1ccc(Cl)cc1Cl)C(=O)N[C@H]1C[C@H]2CC[C@@H](C1)N2c1ccc(C(N)=O)cn1. The lowest BCUT2D eigenvalue weighted by atomic mass is 9.96. The number of halogens is 2. The number of nitrogens with zero attached hydrogens (tertiary/aromatic N) is 2. The van der Waals surface area contributed by atoms with Crippen LogP contribution in [0.2, 0.25) is 10.0 Å². The molecular formula is C23H26Cl2N4O2S. The summed E-state index contributed by atoms with van der Waals surface area (Å²) in [6.45, 7) is 3.82. The number of carbonyl (C=O) groups is 2. The van der Waals surface area contributed by atoms with Crippen molar-refractivity contribution in [3.8, 4) is 0 Å². The van der Waals surface area contributed by atoms with Crippen LogP contribution in [0.15, 0.2) is 41.4 Å². The van der Waals surface area contributed by atoms with Crippen molar-refractivity contribution in [1.29, 1.82) is 0 Å². The van der Waals surface area contributed by atoms with Crippen molar-refractivity contribution in [3.63, 3.8) is 0 Å². The summed E-state index contributed by atoms with van der Waals surface area (Å²) in [4.78, 5) is 32.1. The first-order valence-corrected chi connectivity index (χ1v) is 12.2. The van der Waals surface area contributed by atoms with Gasteiger partial charge in [0, 0.05) is 34.2 Å². The van der Waals surface area contributed by atoms with Crippen LogP contribution in [-0.2, 0) is 4.79 Å². The van der Waals surface area contributed by atoms with Crippen molar-refractivity contribution in [2.24, 2.45) is 5.73 Å². The Labute approximate surface area is 202 Å². The second-order valence-electron chi connectivity index (χ2n) is 8.89. The van der Waals surface area contributed by atoms with Crippen LogP contribution >= 0.6 is 35.0 Å². The van der Waals surface area contributed by atoms with Crippen LogP contribution in [0.5, 0.6) is 0 Å². The van der Waals surface area contributed by atoms with Gasteiger partial charge in [0.2, 0.25) is 11.8 Å². The Balaban J connectivity index is 1.40. The molecule has 0 spiro atoms. The number of carbonyl (C=O) groups excluding carboxylic acids is 2. The molecule has 0 unspecified atom stereocenters. The largest absolute Gasteiger partial charge is 0.366 e. The average Bonchev–Trinajstić information content (AvgIpc) is 3.00. The lowest BCUT2D eigenvalue weighted by Crippen LogP contribution is -2.53. The molecule has 2 saturated heterocycles. The predicted octanol–water partition coefficient (Wildman–Crippen LogP) is 4.67. The average molecular weight is 493 g/mol. The monoisotopic (exact) mass is 492 g/mol. The molecule has 3 atom stereocenters. The number of pyridine rings is 1. The normalized spacial score (nSPS) is 22.6. The third-order valence-corrected chi connectivity index (χ3v) is 8.10. The molecule has 1 aromatic carbocycles. The van der Waals surface area contributed by atoms with Crippen LogP contribution in [-0.4, -0.2) is 39.7 Å². The summed E-state index contributed by atoms with van der Waals surface area (Å²) in [5, 5.41) is 4.39. The molecule has 2 aliphatic rings. The Bertz CT molecular complexity index is 1020. The number of fused-ring (bicyclic) bond motifs is 2. The van der Waals surface area contributed by atoms with Crippen molar-refractivity contribution >= 4 is 52.6 Å². The summed E-state index contributed by atoms with van der Waals surface area (Å²) in [5.74, 6) is 0.379. The summed E-state index contributed by atoms with van der Waals surface area (Å²) in [6, 6.07) is 9.64. The fourth-order valence-electron chi connectivity index (χ4n) is 4.59. The van der Waals surface area contributed by atoms with Crippen molar-refractivity contribution in [2.75, 3.05) is 4.90 Å². The highest BCUT2D eigenvalue weighted by Gasteiger charge is 2.43. The second kappa shape index (κ2) is 9.12. The molecule has 170 valence electrons. The molecular weight excluding hydrogens is 467 g/mol. The predicted molar refractivity (Wildman–Crippen MR) is 130 cm³/mol. The molecule has 9 heteroatoms. The van der Waals surface area contributed by atoms with E-state index in [1.165, 1.54) is 18.0 Å². The third-order valence-electron chi connectivity index (χ3n) is 6.17. The summed E-state index contributed by atoms with van der Waals surface area (Å²) in [7, 11) is 0. The van der Waals surface area contributed by atoms with Gasteiger partial charge < -0.3 is 16.0 Å². The van der Waals surface area contributed by atoms with Gasteiger partial charge in [-0.3, -0.25) is 9.59 Å². The smallest absolute Gasteiger partial charge is 0.250 e. The molecule has 0 aliphatic carbocycles. The van der Waals surface area contributed by atoms with Gasteiger partial charge >= 0.3 is 0 Å². The van der Waals surface area contributed by atoms with Crippen molar-refractivity contribution in [3.05, 3.63) is 52.1 Å². The number of hydrogen-bond acceptors (Lipinski definition) is 5. The van der Waals surface area contributed by atoms with E-state index in [-0.39, 0.29) is 11.9 Å². The first-order chi connectivity index (χ1) is 15.1. The Morgan fingerprint density at radius 1 is 1.16 bits per heavy atom. The zero-order valence-electron chi connectivity index (χ0n) is 18.0. The number of nitrogens with two attached hydrogens (primary N) is 1. The van der Waals surface area contributed by atoms with E-state index in [9.17, 15) is 9.59 Å². The van der Waals surface area contributed by atoms with Crippen LogP contribution in [0.4, 0.5) is 5.82 Å². The number of amides is 2. The molecule has 1 aromatic heterocycles. The number of thioether (sulfide) groups is 1. The highest BCUT2D eigenvalue weighted by molar-refractivity contribution is 8.01. The molecule has 2 bridgehead atoms. The molecule has 2 aromatic rings. The van der Waals surface area contributed by atoms with Crippen molar-refractivity contribution < 1.29 is 9.59 Å². The first kappa shape index (κ1) is 23.2. The maximum absolute atomic E-state index is 13.1. The number of anilines is 1. The molecule has 6 nitrogen and oxygen atoms in total. The Morgan fingerprint density at radius 2 is 1.84 bits per heavy atom. The van der Waals surface area contributed by atoms with Gasteiger partial charge in [0.1, 0.15) is 5.82 Å². The van der Waals surface area contributed by atoms with Crippen LogP contribution in [0, 0.1) is 0 Å². The van der Waals surface area contributed by atoms with E-state index >= 15 is 0 Å². The van der Waals surface area contributed by atoms with Crippen LogP contribution in [0.25, 0.3) is 0 Å². The van der Waals surface area contributed by atoms with E-state index in [2.05, 4.69) is 15.2 Å². The number of aromatic nitrogens is 1. The minimum absolute atomic E-state index is 0.00435. The number of piperidine rings is 1. The van der Waals surface area contributed by atoms with Gasteiger partial charge in [-0.05, 0) is 69.9 Å². The van der Waals surface area contributed by atoms with Gasteiger partial charge in [0.05, 0.1) is 15.3 Å². The topological polar surface area (TPSA) is 88.3 Å². The quantitative estimate of drug-likeness (QED) is 0.571. The lowest BCUT2D eigenvalue weighted by Gasteiger charge is -2.40. The minimum atomic E-state index is -0.681. The lowest BCUT2D eigenvalue weighted by molar-refractivity contribution is -0.123. The van der Waals surface area contributed by atoms with Crippen molar-refractivity contribution in [2.45, 2.75) is 67.3 Å². The summed E-state index contributed by atoms with van der Waals surface area (Å²) < 4.78 is -0.681. The molecule has 0 radical (unpaired) electrons. The maximum Gasteiger partial charge on any atom is 0.250 e. The van der Waals surface area contributed by atoms with E-state index in [4.69, 9.17) is 28.9 Å². The first-order valence-electron chi connectivity index (χ1n) is 10.6. The third kappa shape index (κ3) is 4.85. The van der Waals surface area contributed by atoms with Gasteiger partial charge in [0.25, 0.3) is 0 Å². The number of rotatable bonds is 6. The second-order valence-corrected chi connectivity index (χ2v) is 11.4. The highest BCUT2D eigenvalue weighted by atomic mass is 35.5. The Kier molecular flexibility index (Phi) is 6.61.